The van der Waals surface area contributed by atoms with Crippen LogP contribution in [0.4, 0.5) is 10.2 Å². The fourth-order valence-electron chi connectivity index (χ4n) is 4.09. The molecule has 2 fully saturated rings. The van der Waals surface area contributed by atoms with Crippen LogP contribution in [-0.4, -0.2) is 67.8 Å². The highest BCUT2D eigenvalue weighted by atomic mass is 35.5. The van der Waals surface area contributed by atoms with Crippen molar-refractivity contribution in [3.63, 3.8) is 0 Å². The van der Waals surface area contributed by atoms with Crippen molar-refractivity contribution in [3.05, 3.63) is 53.4 Å². The van der Waals surface area contributed by atoms with Crippen LogP contribution < -0.4 is 4.90 Å². The molecule has 1 unspecified atom stereocenters. The second kappa shape index (κ2) is 9.10. The molecule has 1 aromatic heterocycles. The summed E-state index contributed by atoms with van der Waals surface area (Å²) in [6.07, 6.45) is 2.88. The summed E-state index contributed by atoms with van der Waals surface area (Å²) in [7, 11) is -3.76. The molecular formula is C21H24ClFN4O3S. The molecule has 2 aliphatic rings. The van der Waals surface area contributed by atoms with E-state index in [0.717, 1.165) is 18.0 Å². The van der Waals surface area contributed by atoms with Gasteiger partial charge in [-0.1, -0.05) is 11.6 Å². The van der Waals surface area contributed by atoms with E-state index in [1.807, 2.05) is 11.0 Å². The molecule has 2 aliphatic heterocycles. The first-order valence-corrected chi connectivity index (χ1v) is 12.1. The summed E-state index contributed by atoms with van der Waals surface area (Å²) in [5.41, 5.74) is 0. The zero-order valence-corrected chi connectivity index (χ0v) is 18.5. The van der Waals surface area contributed by atoms with Crippen LogP contribution in [0.1, 0.15) is 12.8 Å². The second-order valence-electron chi connectivity index (χ2n) is 7.80. The van der Waals surface area contributed by atoms with Gasteiger partial charge in [-0.15, -0.1) is 0 Å². The molecule has 0 saturated carbocycles. The van der Waals surface area contributed by atoms with E-state index >= 15 is 0 Å². The van der Waals surface area contributed by atoms with Crippen molar-refractivity contribution in [2.45, 2.75) is 17.7 Å². The topological polar surface area (TPSA) is 73.8 Å². The van der Waals surface area contributed by atoms with E-state index in [-0.39, 0.29) is 23.3 Å². The van der Waals surface area contributed by atoms with Crippen LogP contribution in [-0.2, 0) is 14.8 Å². The summed E-state index contributed by atoms with van der Waals surface area (Å²) >= 11 is 5.89. The van der Waals surface area contributed by atoms with Crippen LogP contribution in [0.3, 0.4) is 0 Å². The third-order valence-corrected chi connectivity index (χ3v) is 7.91. The highest BCUT2D eigenvalue weighted by Gasteiger charge is 2.36. The Bertz CT molecular complexity index is 1030. The fourth-order valence-corrected chi connectivity index (χ4v) is 5.72. The van der Waals surface area contributed by atoms with Crippen molar-refractivity contribution in [1.82, 2.24) is 14.2 Å². The fraction of sp³-hybridized carbons (Fsp3) is 0.429. The number of sulfonamides is 1. The number of benzene rings is 1. The highest BCUT2D eigenvalue weighted by Crippen LogP contribution is 2.26. The van der Waals surface area contributed by atoms with Crippen LogP contribution in [0, 0.1) is 11.7 Å². The quantitative estimate of drug-likeness (QED) is 0.692. The first-order chi connectivity index (χ1) is 14.8. The van der Waals surface area contributed by atoms with Gasteiger partial charge in [0.25, 0.3) is 0 Å². The van der Waals surface area contributed by atoms with Crippen molar-refractivity contribution in [2.75, 3.05) is 44.2 Å². The lowest BCUT2D eigenvalue weighted by Crippen LogP contribution is -2.53. The van der Waals surface area contributed by atoms with Gasteiger partial charge < -0.3 is 9.80 Å². The maximum atomic E-state index is 13.2. The molecule has 0 bridgehead atoms. The summed E-state index contributed by atoms with van der Waals surface area (Å²) in [6, 6.07) is 8.45. The van der Waals surface area contributed by atoms with Gasteiger partial charge in [0.15, 0.2) is 0 Å². The summed E-state index contributed by atoms with van der Waals surface area (Å²) < 4.78 is 40.4. The van der Waals surface area contributed by atoms with Gasteiger partial charge in [-0.25, -0.2) is 17.8 Å². The van der Waals surface area contributed by atoms with Gasteiger partial charge in [0.05, 0.1) is 15.8 Å². The number of rotatable bonds is 4. The molecule has 31 heavy (non-hydrogen) atoms. The van der Waals surface area contributed by atoms with Gasteiger partial charge in [-0.3, -0.25) is 4.79 Å². The molecular weight excluding hydrogens is 443 g/mol. The average Bonchev–Trinajstić information content (AvgIpc) is 2.80. The van der Waals surface area contributed by atoms with Crippen molar-refractivity contribution in [3.8, 4) is 0 Å². The number of nitrogens with zero attached hydrogens (tertiary/aromatic N) is 4. The minimum Gasteiger partial charge on any atom is -0.353 e. The SMILES string of the molecule is O=C(C1CCCN(S(=O)(=O)c2ccc(F)cc2)C1)N1CCN(c2ccc(Cl)cn2)CC1. The number of anilines is 1. The number of piperidine rings is 1. The van der Waals surface area contributed by atoms with Crippen molar-refractivity contribution < 1.29 is 17.6 Å². The largest absolute Gasteiger partial charge is 0.353 e. The molecule has 166 valence electrons. The Labute approximate surface area is 186 Å². The minimum absolute atomic E-state index is 0.0114. The molecule has 0 spiro atoms. The van der Waals surface area contributed by atoms with Gasteiger partial charge >= 0.3 is 0 Å². The molecule has 1 aromatic carbocycles. The summed E-state index contributed by atoms with van der Waals surface area (Å²) in [5, 5.41) is 0.579. The summed E-state index contributed by atoms with van der Waals surface area (Å²) in [4.78, 5) is 21.4. The number of amides is 1. The standard InChI is InChI=1S/C21H24ClFN4O3S/c22-17-3-8-20(24-14-17)25-10-12-26(13-11-25)21(28)16-2-1-9-27(15-16)31(29,30)19-6-4-18(23)5-7-19/h3-8,14,16H,1-2,9-13,15H2. The van der Waals surface area contributed by atoms with E-state index < -0.39 is 15.8 Å². The zero-order chi connectivity index (χ0) is 22.0. The van der Waals surface area contributed by atoms with Crippen LogP contribution in [0.25, 0.3) is 0 Å². The molecule has 0 radical (unpaired) electrons. The van der Waals surface area contributed by atoms with Crippen LogP contribution in [0.2, 0.25) is 5.02 Å². The number of aromatic nitrogens is 1. The summed E-state index contributed by atoms with van der Waals surface area (Å²) in [6.45, 7) is 2.95. The molecule has 4 rings (SSSR count). The molecule has 3 heterocycles. The van der Waals surface area contributed by atoms with Crippen molar-refractivity contribution in [1.29, 1.82) is 0 Å². The Hall–Kier alpha value is -2.23. The molecule has 2 saturated heterocycles. The van der Waals surface area contributed by atoms with Crippen LogP contribution in [0.5, 0.6) is 0 Å². The zero-order valence-electron chi connectivity index (χ0n) is 17.0. The molecule has 1 atom stereocenters. The van der Waals surface area contributed by atoms with Gasteiger partial charge in [-0.05, 0) is 49.2 Å². The molecule has 1 amide bonds. The molecule has 0 aliphatic carbocycles. The van der Waals surface area contributed by atoms with E-state index in [4.69, 9.17) is 11.6 Å². The van der Waals surface area contributed by atoms with Crippen molar-refractivity contribution >= 4 is 33.3 Å². The normalized spacial score (nSPS) is 20.6. The van der Waals surface area contributed by atoms with Gasteiger partial charge in [0, 0.05) is 45.5 Å². The van der Waals surface area contributed by atoms with Crippen LogP contribution >= 0.6 is 11.6 Å². The number of halogens is 2. The molecule has 2 aromatic rings. The average molecular weight is 467 g/mol. The number of piperazine rings is 1. The summed E-state index contributed by atoms with van der Waals surface area (Å²) in [5.74, 6) is -0.0452. The Morgan fingerprint density at radius 2 is 1.74 bits per heavy atom. The minimum atomic E-state index is -3.76. The van der Waals surface area contributed by atoms with E-state index in [2.05, 4.69) is 9.88 Å². The third-order valence-electron chi connectivity index (χ3n) is 5.81. The predicted octanol–water partition coefficient (Wildman–Crippen LogP) is 2.62. The number of hydrogen-bond acceptors (Lipinski definition) is 5. The lowest BCUT2D eigenvalue weighted by molar-refractivity contribution is -0.137. The van der Waals surface area contributed by atoms with E-state index in [9.17, 15) is 17.6 Å². The van der Waals surface area contributed by atoms with Crippen molar-refractivity contribution in [2.24, 2.45) is 5.92 Å². The molecule has 7 nitrogen and oxygen atoms in total. The van der Waals surface area contributed by atoms with E-state index in [0.29, 0.717) is 50.6 Å². The third kappa shape index (κ3) is 4.83. The van der Waals surface area contributed by atoms with E-state index in [1.165, 1.54) is 16.4 Å². The first kappa shape index (κ1) is 22.0. The second-order valence-corrected chi connectivity index (χ2v) is 10.2. The lowest BCUT2D eigenvalue weighted by Gasteiger charge is -2.39. The monoisotopic (exact) mass is 466 g/mol. The molecule has 0 N–H and O–H groups in total. The van der Waals surface area contributed by atoms with E-state index in [1.54, 1.807) is 12.3 Å². The Morgan fingerprint density at radius 3 is 2.39 bits per heavy atom. The number of hydrogen-bond donors (Lipinski definition) is 0. The van der Waals surface area contributed by atoms with Crippen LogP contribution in [0.15, 0.2) is 47.5 Å². The van der Waals surface area contributed by atoms with Gasteiger partial charge in [0.2, 0.25) is 15.9 Å². The Balaban J connectivity index is 1.38. The maximum absolute atomic E-state index is 13.2. The number of pyridine rings is 1. The number of carbonyl (C=O) groups is 1. The van der Waals surface area contributed by atoms with Gasteiger partial charge in [0.1, 0.15) is 11.6 Å². The maximum Gasteiger partial charge on any atom is 0.243 e. The predicted molar refractivity (Wildman–Crippen MR) is 116 cm³/mol. The Morgan fingerprint density at radius 1 is 1.03 bits per heavy atom. The highest BCUT2D eigenvalue weighted by molar-refractivity contribution is 7.89. The first-order valence-electron chi connectivity index (χ1n) is 10.3. The molecule has 10 heteroatoms. The lowest BCUT2D eigenvalue weighted by atomic mass is 9.98. The smallest absolute Gasteiger partial charge is 0.243 e. The van der Waals surface area contributed by atoms with Gasteiger partial charge in [-0.2, -0.15) is 4.31 Å². The Kier molecular flexibility index (Phi) is 6.45. The number of carbonyl (C=O) groups excluding carboxylic acids is 1.